The molecule has 2 N–H and O–H groups in total. The molecule has 156 valence electrons. The lowest BCUT2D eigenvalue weighted by atomic mass is 9.77. The molecule has 29 heavy (non-hydrogen) atoms. The number of amidine groups is 1. The van der Waals surface area contributed by atoms with Gasteiger partial charge in [0.2, 0.25) is 5.78 Å². The van der Waals surface area contributed by atoms with Gasteiger partial charge in [-0.3, -0.25) is 9.79 Å². The van der Waals surface area contributed by atoms with Crippen LogP contribution in [0.1, 0.15) is 42.0 Å². The van der Waals surface area contributed by atoms with Crippen LogP contribution in [-0.2, 0) is 19.0 Å². The Morgan fingerprint density at radius 2 is 1.97 bits per heavy atom. The van der Waals surface area contributed by atoms with Crippen molar-refractivity contribution in [3.8, 4) is 0 Å². The zero-order chi connectivity index (χ0) is 21.8. The summed E-state index contributed by atoms with van der Waals surface area (Å²) in [5, 5.41) is 0. The van der Waals surface area contributed by atoms with Crippen molar-refractivity contribution in [3.05, 3.63) is 51.8 Å². The van der Waals surface area contributed by atoms with Crippen LogP contribution in [0.2, 0.25) is 0 Å². The molecule has 0 radical (unpaired) electrons. The Labute approximate surface area is 173 Å². The van der Waals surface area contributed by atoms with E-state index in [0.29, 0.717) is 10.2 Å². The van der Waals surface area contributed by atoms with Crippen LogP contribution in [0, 0.1) is 5.82 Å². The van der Waals surface area contributed by atoms with Crippen molar-refractivity contribution < 1.29 is 22.4 Å². The molecule has 1 aromatic carbocycles. The summed E-state index contributed by atoms with van der Waals surface area (Å²) in [6, 6.07) is 3.46. The molecule has 2 aromatic rings. The molecule has 1 aromatic heterocycles. The van der Waals surface area contributed by atoms with E-state index in [-0.39, 0.29) is 18.0 Å². The number of Topliss-reactive ketones (excluding diaryl/α,β-unsaturated/α-hetero) is 1. The van der Waals surface area contributed by atoms with E-state index < -0.39 is 40.8 Å². The van der Waals surface area contributed by atoms with Crippen molar-refractivity contribution in [2.24, 2.45) is 17.8 Å². The second kappa shape index (κ2) is 6.93. The zero-order valence-electron chi connectivity index (χ0n) is 15.9. The fraction of sp³-hybridized carbons (Fsp3) is 0.421. The summed E-state index contributed by atoms with van der Waals surface area (Å²) in [6.45, 7) is 1.92. The van der Waals surface area contributed by atoms with Crippen LogP contribution >= 0.6 is 15.9 Å². The van der Waals surface area contributed by atoms with Gasteiger partial charge in [0.05, 0.1) is 6.42 Å². The van der Waals surface area contributed by atoms with Crippen molar-refractivity contribution in [2.45, 2.75) is 43.8 Å². The molecule has 0 aliphatic carbocycles. The summed E-state index contributed by atoms with van der Waals surface area (Å²) in [5.74, 6) is -5.48. The molecule has 0 amide bonds. The molecule has 5 nitrogen and oxygen atoms in total. The standard InChI is InChI=1S/C19H19BrF4N4O/c1-17(22)9-19(23,24)18(2,27-16(17)25)11-6-10(4-5-12(11)21)7-13(29)15-26-14(20)8-28(15)3/h4-6,8H,7,9H2,1-3H3,(H2,25,27)/t17-,18-/m1/s1. The molecule has 0 spiro atoms. The zero-order valence-corrected chi connectivity index (χ0v) is 17.5. The van der Waals surface area contributed by atoms with E-state index in [1.165, 1.54) is 10.6 Å². The monoisotopic (exact) mass is 474 g/mol. The van der Waals surface area contributed by atoms with Crippen LogP contribution < -0.4 is 5.73 Å². The number of benzene rings is 1. The number of aryl methyl sites for hydroxylation is 1. The third-order valence-corrected chi connectivity index (χ3v) is 5.54. The molecule has 2 heterocycles. The number of rotatable bonds is 4. The van der Waals surface area contributed by atoms with Gasteiger partial charge in [0, 0.05) is 25.2 Å². The first-order valence-electron chi connectivity index (χ1n) is 8.70. The topological polar surface area (TPSA) is 73.3 Å². The van der Waals surface area contributed by atoms with Gasteiger partial charge in [-0.1, -0.05) is 6.07 Å². The maximum absolute atomic E-state index is 14.8. The minimum atomic E-state index is -3.70. The number of ketones is 1. The van der Waals surface area contributed by atoms with Gasteiger partial charge in [0.25, 0.3) is 5.92 Å². The average Bonchev–Trinajstić information content (AvgIpc) is 2.92. The van der Waals surface area contributed by atoms with Crippen molar-refractivity contribution in [2.75, 3.05) is 0 Å². The van der Waals surface area contributed by atoms with Gasteiger partial charge in [0.15, 0.2) is 17.0 Å². The number of aromatic nitrogens is 2. The quantitative estimate of drug-likeness (QED) is 0.535. The van der Waals surface area contributed by atoms with Crippen LogP contribution in [0.3, 0.4) is 0 Å². The summed E-state index contributed by atoms with van der Waals surface area (Å²) in [6.07, 6.45) is 0.181. The number of halogens is 5. The molecule has 1 aliphatic heterocycles. The van der Waals surface area contributed by atoms with E-state index in [0.717, 1.165) is 26.0 Å². The summed E-state index contributed by atoms with van der Waals surface area (Å²) in [4.78, 5) is 20.2. The number of alkyl halides is 3. The Balaban J connectivity index is 2.02. The predicted octanol–water partition coefficient (Wildman–Crippen LogP) is 4.09. The van der Waals surface area contributed by atoms with Crippen molar-refractivity contribution >= 4 is 27.5 Å². The highest BCUT2D eigenvalue weighted by molar-refractivity contribution is 9.10. The largest absolute Gasteiger partial charge is 0.385 e. The fourth-order valence-electron chi connectivity index (χ4n) is 3.38. The third kappa shape index (κ3) is 3.70. The Bertz CT molecular complexity index is 1020. The van der Waals surface area contributed by atoms with Crippen LogP contribution in [-0.4, -0.2) is 32.8 Å². The molecule has 0 fully saturated rings. The number of carbonyl (C=O) groups is 1. The molecular formula is C19H19BrF4N4O. The smallest absolute Gasteiger partial charge is 0.280 e. The Hall–Kier alpha value is -2.23. The molecule has 0 unspecified atom stereocenters. The minimum Gasteiger partial charge on any atom is -0.385 e. The first-order chi connectivity index (χ1) is 13.3. The number of nitrogens with two attached hydrogens (primary N) is 1. The maximum atomic E-state index is 14.8. The molecular weight excluding hydrogens is 456 g/mol. The van der Waals surface area contributed by atoms with E-state index >= 15 is 0 Å². The first kappa shape index (κ1) is 21.5. The normalized spacial score (nSPS) is 26.3. The molecule has 0 saturated heterocycles. The lowest BCUT2D eigenvalue weighted by molar-refractivity contribution is -0.106. The van der Waals surface area contributed by atoms with E-state index in [2.05, 4.69) is 25.9 Å². The van der Waals surface area contributed by atoms with E-state index in [1.54, 1.807) is 13.2 Å². The number of imidazole rings is 1. The summed E-state index contributed by atoms with van der Waals surface area (Å²) >= 11 is 3.17. The number of hydrogen-bond donors (Lipinski definition) is 1. The van der Waals surface area contributed by atoms with Gasteiger partial charge in [-0.05, 0) is 47.5 Å². The van der Waals surface area contributed by atoms with E-state index in [9.17, 15) is 22.4 Å². The first-order valence-corrected chi connectivity index (χ1v) is 9.50. The van der Waals surface area contributed by atoms with Gasteiger partial charge < -0.3 is 10.3 Å². The lowest BCUT2D eigenvalue weighted by Crippen LogP contribution is -2.56. The molecule has 10 heteroatoms. The molecule has 3 rings (SSSR count). The fourth-order valence-corrected chi connectivity index (χ4v) is 3.86. The Morgan fingerprint density at radius 3 is 2.55 bits per heavy atom. The van der Waals surface area contributed by atoms with E-state index in [1.807, 2.05) is 0 Å². The maximum Gasteiger partial charge on any atom is 0.280 e. The minimum absolute atomic E-state index is 0.160. The highest BCUT2D eigenvalue weighted by Gasteiger charge is 2.60. The molecule has 0 bridgehead atoms. The predicted molar refractivity (Wildman–Crippen MR) is 103 cm³/mol. The van der Waals surface area contributed by atoms with Gasteiger partial charge >= 0.3 is 0 Å². The number of aliphatic imine (C=N–C) groups is 1. The van der Waals surface area contributed by atoms with Crippen molar-refractivity contribution in [3.63, 3.8) is 0 Å². The molecule has 0 saturated carbocycles. The van der Waals surface area contributed by atoms with E-state index in [4.69, 9.17) is 5.73 Å². The van der Waals surface area contributed by atoms with Crippen LogP contribution in [0.5, 0.6) is 0 Å². The second-order valence-corrected chi connectivity index (χ2v) is 8.37. The van der Waals surface area contributed by atoms with Gasteiger partial charge in [-0.2, -0.15) is 0 Å². The second-order valence-electron chi connectivity index (χ2n) is 7.56. The molecule has 1 aliphatic rings. The number of nitrogens with zero attached hydrogens (tertiary/aromatic N) is 3. The van der Waals surface area contributed by atoms with Crippen molar-refractivity contribution in [1.82, 2.24) is 9.55 Å². The summed E-state index contributed by atoms with van der Waals surface area (Å²) in [5.41, 5.74) is 0.499. The molecule has 2 atom stereocenters. The number of carbonyl (C=O) groups excluding carboxylic acids is 1. The highest BCUT2D eigenvalue weighted by Crippen LogP contribution is 2.50. The van der Waals surface area contributed by atoms with Gasteiger partial charge in [-0.15, -0.1) is 0 Å². The highest BCUT2D eigenvalue weighted by atomic mass is 79.9. The van der Waals surface area contributed by atoms with Gasteiger partial charge in [0.1, 0.15) is 16.3 Å². The van der Waals surface area contributed by atoms with Crippen molar-refractivity contribution in [1.29, 1.82) is 0 Å². The summed E-state index contributed by atoms with van der Waals surface area (Å²) in [7, 11) is 1.64. The Morgan fingerprint density at radius 1 is 1.31 bits per heavy atom. The third-order valence-electron chi connectivity index (χ3n) is 5.16. The number of hydrogen-bond acceptors (Lipinski definition) is 4. The van der Waals surface area contributed by atoms with Crippen LogP contribution in [0.15, 0.2) is 34.0 Å². The van der Waals surface area contributed by atoms with Crippen LogP contribution in [0.25, 0.3) is 0 Å². The van der Waals surface area contributed by atoms with Crippen LogP contribution in [0.4, 0.5) is 17.6 Å². The SMILES string of the molecule is Cn1cc(Br)nc1C(=O)Cc1ccc(F)c([C@@]2(C)N=C(N)[C@](C)(F)CC2(F)F)c1. The Kier molecular flexibility index (Phi) is 5.13. The summed E-state index contributed by atoms with van der Waals surface area (Å²) < 4.78 is 60.5. The average molecular weight is 475 g/mol. The van der Waals surface area contributed by atoms with Gasteiger partial charge in [-0.25, -0.2) is 22.5 Å². The lowest BCUT2D eigenvalue weighted by Gasteiger charge is -2.42.